The van der Waals surface area contributed by atoms with E-state index in [0.29, 0.717) is 0 Å². The summed E-state index contributed by atoms with van der Waals surface area (Å²) in [5, 5.41) is 11.3. The van der Waals surface area contributed by atoms with Crippen molar-refractivity contribution in [3.63, 3.8) is 0 Å². The maximum Gasteiger partial charge on any atom is 0.329 e. The number of rotatable bonds is 5. The second-order valence-electron chi connectivity index (χ2n) is 7.03. The number of hydrogen-bond donors (Lipinski definition) is 2. The molecule has 1 fully saturated rings. The van der Waals surface area contributed by atoms with Gasteiger partial charge >= 0.3 is 11.8 Å². The second-order valence-corrected chi connectivity index (χ2v) is 7.03. The van der Waals surface area contributed by atoms with Gasteiger partial charge in [0.25, 0.3) is 0 Å². The molecule has 29 heavy (non-hydrogen) atoms. The highest BCUT2D eigenvalue weighted by molar-refractivity contribution is 6.35. The van der Waals surface area contributed by atoms with Crippen LogP contribution in [0.25, 0.3) is 16.9 Å². The van der Waals surface area contributed by atoms with Crippen LogP contribution in [0.2, 0.25) is 0 Å². The number of para-hydroxylation sites is 1. The zero-order chi connectivity index (χ0) is 20.2. The SMILES string of the molecule is Cc1cccc(-c2nn(-c3ccccc3)cc2/C=N\NC(=O)C(=O)NC2CC2)c1. The third kappa shape index (κ3) is 4.57. The van der Waals surface area contributed by atoms with E-state index in [1.165, 1.54) is 6.21 Å². The number of nitrogens with zero attached hydrogens (tertiary/aromatic N) is 3. The molecule has 2 N–H and O–H groups in total. The number of carbonyl (C=O) groups is 2. The average molecular weight is 387 g/mol. The van der Waals surface area contributed by atoms with Crippen LogP contribution in [0.15, 0.2) is 65.9 Å². The summed E-state index contributed by atoms with van der Waals surface area (Å²) < 4.78 is 1.76. The van der Waals surface area contributed by atoms with Crippen LogP contribution in [0.3, 0.4) is 0 Å². The zero-order valence-electron chi connectivity index (χ0n) is 16.0. The van der Waals surface area contributed by atoms with Crippen LogP contribution >= 0.6 is 0 Å². The molecule has 7 nitrogen and oxygen atoms in total. The van der Waals surface area contributed by atoms with Crippen molar-refractivity contribution in [1.82, 2.24) is 20.5 Å². The van der Waals surface area contributed by atoms with E-state index in [2.05, 4.69) is 15.8 Å². The fraction of sp³-hybridized carbons (Fsp3) is 0.182. The van der Waals surface area contributed by atoms with E-state index in [1.807, 2.05) is 67.7 Å². The van der Waals surface area contributed by atoms with Gasteiger partial charge in [-0.3, -0.25) is 9.59 Å². The largest absolute Gasteiger partial charge is 0.345 e. The Labute approximate surface area is 168 Å². The first-order valence-corrected chi connectivity index (χ1v) is 9.46. The van der Waals surface area contributed by atoms with Gasteiger partial charge in [0, 0.05) is 23.4 Å². The molecule has 0 aliphatic heterocycles. The maximum atomic E-state index is 11.9. The van der Waals surface area contributed by atoms with Gasteiger partial charge in [-0.25, -0.2) is 10.1 Å². The first-order valence-electron chi connectivity index (χ1n) is 9.46. The molecule has 1 heterocycles. The van der Waals surface area contributed by atoms with Crippen molar-refractivity contribution in [3.8, 4) is 16.9 Å². The topological polar surface area (TPSA) is 88.4 Å². The summed E-state index contributed by atoms with van der Waals surface area (Å²) in [7, 11) is 0. The van der Waals surface area contributed by atoms with E-state index in [4.69, 9.17) is 5.10 Å². The molecule has 1 aliphatic carbocycles. The lowest BCUT2D eigenvalue weighted by atomic mass is 10.1. The molecule has 0 saturated heterocycles. The van der Waals surface area contributed by atoms with Crippen LogP contribution in [0.1, 0.15) is 24.0 Å². The van der Waals surface area contributed by atoms with Crippen molar-refractivity contribution in [2.75, 3.05) is 0 Å². The van der Waals surface area contributed by atoms with Gasteiger partial charge in [-0.1, -0.05) is 42.0 Å². The molecule has 1 saturated carbocycles. The molecule has 2 aromatic carbocycles. The Morgan fingerprint density at radius 2 is 1.90 bits per heavy atom. The van der Waals surface area contributed by atoms with E-state index in [0.717, 1.165) is 40.9 Å². The second kappa shape index (κ2) is 8.10. The van der Waals surface area contributed by atoms with Gasteiger partial charge in [0.2, 0.25) is 0 Å². The van der Waals surface area contributed by atoms with Gasteiger partial charge in [0.1, 0.15) is 5.69 Å². The quantitative estimate of drug-likeness (QED) is 0.401. The first kappa shape index (κ1) is 18.6. The smallest absolute Gasteiger partial charge is 0.329 e. The fourth-order valence-corrected chi connectivity index (χ4v) is 2.90. The Balaban J connectivity index is 1.59. The highest BCUT2D eigenvalue weighted by atomic mass is 16.2. The minimum atomic E-state index is -0.777. The van der Waals surface area contributed by atoms with Crippen LogP contribution < -0.4 is 10.7 Å². The van der Waals surface area contributed by atoms with Crippen molar-refractivity contribution in [3.05, 3.63) is 71.9 Å². The Morgan fingerprint density at radius 3 is 2.62 bits per heavy atom. The van der Waals surface area contributed by atoms with Crippen LogP contribution in [-0.2, 0) is 9.59 Å². The fourth-order valence-electron chi connectivity index (χ4n) is 2.90. The van der Waals surface area contributed by atoms with E-state index in [1.54, 1.807) is 4.68 Å². The minimum Gasteiger partial charge on any atom is -0.345 e. The van der Waals surface area contributed by atoms with Crippen molar-refractivity contribution in [1.29, 1.82) is 0 Å². The lowest BCUT2D eigenvalue weighted by Crippen LogP contribution is -2.38. The predicted molar refractivity (Wildman–Crippen MR) is 111 cm³/mol. The van der Waals surface area contributed by atoms with Crippen molar-refractivity contribution >= 4 is 18.0 Å². The van der Waals surface area contributed by atoms with Gasteiger partial charge in [0.15, 0.2) is 0 Å². The molecule has 4 rings (SSSR count). The summed E-state index contributed by atoms with van der Waals surface area (Å²) in [6.45, 7) is 2.02. The number of hydrogen-bond acceptors (Lipinski definition) is 4. The van der Waals surface area contributed by atoms with Crippen molar-refractivity contribution < 1.29 is 9.59 Å². The highest BCUT2D eigenvalue weighted by Crippen LogP contribution is 2.23. The predicted octanol–water partition coefficient (Wildman–Crippen LogP) is 2.58. The van der Waals surface area contributed by atoms with Crippen LogP contribution in [-0.4, -0.2) is 33.9 Å². The normalized spacial score (nSPS) is 13.4. The molecule has 3 aromatic rings. The van der Waals surface area contributed by atoms with E-state index in [-0.39, 0.29) is 6.04 Å². The molecule has 0 atom stereocenters. The standard InChI is InChI=1S/C22H21N5O2/c1-15-6-5-7-16(12-15)20-17(14-27(26-20)19-8-3-2-4-9-19)13-23-25-22(29)21(28)24-18-10-11-18/h2-9,12-14,18H,10-11H2,1H3,(H,24,28)(H,25,29)/b23-13-. The third-order valence-corrected chi connectivity index (χ3v) is 4.54. The van der Waals surface area contributed by atoms with E-state index in [9.17, 15) is 9.59 Å². The van der Waals surface area contributed by atoms with E-state index >= 15 is 0 Å². The summed E-state index contributed by atoms with van der Waals surface area (Å²) in [6, 6.07) is 17.9. The van der Waals surface area contributed by atoms with Crippen LogP contribution in [0.5, 0.6) is 0 Å². The Kier molecular flexibility index (Phi) is 5.20. The maximum absolute atomic E-state index is 11.9. The third-order valence-electron chi connectivity index (χ3n) is 4.54. The number of aromatic nitrogens is 2. The molecule has 0 radical (unpaired) electrons. The van der Waals surface area contributed by atoms with Crippen LogP contribution in [0, 0.1) is 6.92 Å². The monoisotopic (exact) mass is 387 g/mol. The van der Waals surface area contributed by atoms with Gasteiger partial charge in [-0.05, 0) is 38.0 Å². The average Bonchev–Trinajstić information content (AvgIpc) is 3.44. The van der Waals surface area contributed by atoms with Crippen molar-refractivity contribution in [2.45, 2.75) is 25.8 Å². The lowest BCUT2D eigenvalue weighted by Gasteiger charge is -2.02. The highest BCUT2D eigenvalue weighted by Gasteiger charge is 2.26. The summed E-state index contributed by atoms with van der Waals surface area (Å²) >= 11 is 0. The van der Waals surface area contributed by atoms with Gasteiger partial charge < -0.3 is 5.32 Å². The van der Waals surface area contributed by atoms with E-state index < -0.39 is 11.8 Å². The van der Waals surface area contributed by atoms with Gasteiger partial charge in [-0.15, -0.1) is 0 Å². The molecule has 0 bridgehead atoms. The number of benzene rings is 2. The minimum absolute atomic E-state index is 0.120. The number of carbonyl (C=O) groups excluding carboxylic acids is 2. The Bertz CT molecular complexity index is 1070. The molecule has 0 spiro atoms. The molecule has 146 valence electrons. The molecule has 0 unspecified atom stereocenters. The molecule has 1 aromatic heterocycles. The summed E-state index contributed by atoms with van der Waals surface area (Å²) in [4.78, 5) is 23.6. The summed E-state index contributed by atoms with van der Waals surface area (Å²) in [5.74, 6) is -1.44. The molecule has 1 aliphatic rings. The van der Waals surface area contributed by atoms with Crippen LogP contribution in [0.4, 0.5) is 0 Å². The summed E-state index contributed by atoms with van der Waals surface area (Å²) in [6.07, 6.45) is 5.18. The molecular formula is C22H21N5O2. The van der Waals surface area contributed by atoms with Gasteiger partial charge in [0.05, 0.1) is 11.9 Å². The Hall–Kier alpha value is -3.74. The molecular weight excluding hydrogens is 366 g/mol. The van der Waals surface area contributed by atoms with Crippen molar-refractivity contribution in [2.24, 2.45) is 5.10 Å². The Morgan fingerprint density at radius 1 is 1.10 bits per heavy atom. The van der Waals surface area contributed by atoms with Gasteiger partial charge in [-0.2, -0.15) is 10.2 Å². The number of hydrazone groups is 1. The molecule has 7 heteroatoms. The molecule has 2 amide bonds. The number of aryl methyl sites for hydroxylation is 1. The number of amides is 2. The summed E-state index contributed by atoms with van der Waals surface area (Å²) in [5.41, 5.74) is 6.71. The number of nitrogens with one attached hydrogen (secondary N) is 2. The zero-order valence-corrected chi connectivity index (χ0v) is 16.0. The first-order chi connectivity index (χ1) is 14.1. The lowest BCUT2D eigenvalue weighted by molar-refractivity contribution is -0.139.